The molecule has 1 aliphatic heterocycles. The number of aliphatic hydroxyl groups is 1. The summed E-state index contributed by atoms with van der Waals surface area (Å²) in [5.74, 6) is 1.92. The molecule has 226 valence electrons. The summed E-state index contributed by atoms with van der Waals surface area (Å²) in [6, 6.07) is 3.79. The van der Waals surface area contributed by atoms with Crippen molar-refractivity contribution in [1.82, 2.24) is 29.5 Å². The summed E-state index contributed by atoms with van der Waals surface area (Å²) >= 11 is 0. The Kier molecular flexibility index (Phi) is 10.1. The second-order valence-corrected chi connectivity index (χ2v) is 10.7. The van der Waals surface area contributed by atoms with E-state index in [2.05, 4.69) is 41.7 Å². The average molecular weight is 579 g/mol. The molecule has 0 saturated carbocycles. The molecule has 0 amide bonds. The molecule has 0 spiro atoms. The van der Waals surface area contributed by atoms with E-state index >= 15 is 0 Å². The van der Waals surface area contributed by atoms with E-state index in [1.807, 2.05) is 52.6 Å². The molecule has 3 aromatic rings. The van der Waals surface area contributed by atoms with E-state index in [-0.39, 0.29) is 6.10 Å². The maximum absolute atomic E-state index is 10.2. The second-order valence-electron chi connectivity index (χ2n) is 10.7. The first-order valence-corrected chi connectivity index (χ1v) is 13.7. The van der Waals surface area contributed by atoms with E-state index in [0.717, 1.165) is 29.9 Å². The maximum Gasteiger partial charge on any atom is 0.229 e. The van der Waals surface area contributed by atoms with Crippen LogP contribution < -0.4 is 20.7 Å². The molecule has 3 heterocycles. The Balaban J connectivity index is 1.60. The Morgan fingerprint density at radius 2 is 2.02 bits per heavy atom. The van der Waals surface area contributed by atoms with Crippen molar-refractivity contribution in [2.75, 3.05) is 71.8 Å². The van der Waals surface area contributed by atoms with Crippen molar-refractivity contribution in [1.29, 1.82) is 0 Å². The number of aliphatic imine (C=N–C) groups is 1. The molecule has 2 atom stereocenters. The molecule has 1 fully saturated rings. The zero-order valence-electron chi connectivity index (χ0n) is 25.3. The van der Waals surface area contributed by atoms with E-state index < -0.39 is 6.10 Å². The molecule has 0 unspecified atom stereocenters. The number of hydrogen-bond donors (Lipinski definition) is 3. The van der Waals surface area contributed by atoms with Crippen LogP contribution in [0, 0.1) is 6.92 Å². The number of hydrogen-bond acceptors (Lipinski definition) is 11. The number of anilines is 3. The monoisotopic (exact) mass is 578 g/mol. The number of likely N-dealkylation sites (tertiary alicyclic amines) is 1. The number of benzene rings is 1. The molecule has 13 nitrogen and oxygen atoms in total. The lowest BCUT2D eigenvalue weighted by molar-refractivity contribution is 0.0215. The molecule has 0 aliphatic carbocycles. The number of aliphatic hydroxyl groups excluding tert-OH is 1. The number of amidine groups is 1. The second kappa shape index (κ2) is 13.7. The Labute approximate surface area is 247 Å². The first-order valence-electron chi connectivity index (χ1n) is 13.7. The van der Waals surface area contributed by atoms with Gasteiger partial charge in [-0.3, -0.25) is 4.90 Å². The van der Waals surface area contributed by atoms with Crippen LogP contribution in [0.4, 0.5) is 23.0 Å². The third kappa shape index (κ3) is 7.42. The van der Waals surface area contributed by atoms with Gasteiger partial charge in [0.15, 0.2) is 5.82 Å². The molecular weight excluding hydrogens is 536 g/mol. The number of likely N-dealkylation sites (N-methyl/N-ethyl adjacent to an activating group) is 2. The van der Waals surface area contributed by atoms with Crippen molar-refractivity contribution in [2.45, 2.75) is 25.7 Å². The number of nitrogens with one attached hydrogen (secondary N) is 1. The lowest BCUT2D eigenvalue weighted by atomic mass is 10.2. The van der Waals surface area contributed by atoms with Crippen LogP contribution >= 0.6 is 0 Å². The Morgan fingerprint density at radius 3 is 2.69 bits per heavy atom. The van der Waals surface area contributed by atoms with Crippen LogP contribution in [-0.2, 0) is 11.3 Å². The van der Waals surface area contributed by atoms with Gasteiger partial charge in [0.05, 0.1) is 42.6 Å². The highest BCUT2D eigenvalue weighted by Gasteiger charge is 2.31. The summed E-state index contributed by atoms with van der Waals surface area (Å²) in [4.78, 5) is 20.2. The van der Waals surface area contributed by atoms with Crippen LogP contribution in [0.25, 0.3) is 5.82 Å². The summed E-state index contributed by atoms with van der Waals surface area (Å²) < 4.78 is 12.8. The summed E-state index contributed by atoms with van der Waals surface area (Å²) in [6.07, 6.45) is 6.33. The van der Waals surface area contributed by atoms with Gasteiger partial charge in [-0.2, -0.15) is 10.1 Å². The first kappa shape index (κ1) is 30.9. The van der Waals surface area contributed by atoms with Crippen molar-refractivity contribution < 1.29 is 14.6 Å². The highest BCUT2D eigenvalue weighted by Crippen LogP contribution is 2.39. The number of ether oxygens (including phenoxy) is 2. The fourth-order valence-electron chi connectivity index (χ4n) is 4.73. The Hall–Kier alpha value is -4.04. The van der Waals surface area contributed by atoms with Gasteiger partial charge in [-0.1, -0.05) is 6.58 Å². The predicted molar refractivity (Wildman–Crippen MR) is 166 cm³/mol. The minimum absolute atomic E-state index is 0.179. The van der Waals surface area contributed by atoms with Gasteiger partial charge in [0.2, 0.25) is 5.95 Å². The molecule has 2 aromatic heterocycles. The van der Waals surface area contributed by atoms with E-state index in [1.54, 1.807) is 25.1 Å². The number of rotatable bonds is 13. The van der Waals surface area contributed by atoms with Crippen LogP contribution in [-0.4, -0.2) is 114 Å². The van der Waals surface area contributed by atoms with Crippen LogP contribution in [0.3, 0.4) is 0 Å². The normalized spacial score (nSPS) is 17.6. The van der Waals surface area contributed by atoms with E-state index in [4.69, 9.17) is 20.2 Å². The number of nitrogens with two attached hydrogens (primary N) is 1. The summed E-state index contributed by atoms with van der Waals surface area (Å²) in [5.41, 5.74) is 10.1. The predicted octanol–water partition coefficient (Wildman–Crippen LogP) is 2.09. The highest BCUT2D eigenvalue weighted by molar-refractivity contribution is 5.95. The number of methoxy groups -OCH3 is 2. The molecule has 1 saturated heterocycles. The minimum Gasteiger partial charge on any atom is -0.494 e. The summed E-state index contributed by atoms with van der Waals surface area (Å²) in [5, 5.41) is 18.0. The van der Waals surface area contributed by atoms with Gasteiger partial charge in [0, 0.05) is 76.5 Å². The lowest BCUT2D eigenvalue weighted by Crippen LogP contribution is -2.28. The van der Waals surface area contributed by atoms with Gasteiger partial charge in [-0.05, 0) is 33.2 Å². The third-order valence-electron chi connectivity index (χ3n) is 7.12. The summed E-state index contributed by atoms with van der Waals surface area (Å²) in [7, 11) is 9.31. The SMILES string of the molecule is C=CC(N)=Nc1cc(Nc2ncc(C)c(-n3cc(CN4C[C@H](O)[C@H](OC)C4)cn3)n2)c(OC)cc1N(C)CCN(C)C. The average Bonchev–Trinajstić information content (AvgIpc) is 3.58. The minimum atomic E-state index is -0.494. The third-order valence-corrected chi connectivity index (χ3v) is 7.12. The molecule has 13 heteroatoms. The highest BCUT2D eigenvalue weighted by atomic mass is 16.5. The largest absolute Gasteiger partial charge is 0.494 e. The van der Waals surface area contributed by atoms with E-state index in [0.29, 0.717) is 54.4 Å². The number of nitrogens with zero attached hydrogens (tertiary/aromatic N) is 8. The molecular formula is C29H42N10O3. The molecule has 0 bridgehead atoms. The molecule has 1 aliphatic rings. The van der Waals surface area contributed by atoms with E-state index in [1.165, 1.54) is 6.08 Å². The quantitative estimate of drug-likeness (QED) is 0.203. The molecule has 42 heavy (non-hydrogen) atoms. The fraction of sp³-hybridized carbons (Fsp3) is 0.448. The van der Waals surface area contributed by atoms with Gasteiger partial charge < -0.3 is 35.4 Å². The van der Waals surface area contributed by atoms with Crippen LogP contribution in [0.15, 0.2) is 48.4 Å². The van der Waals surface area contributed by atoms with Crippen molar-refractivity contribution in [3.63, 3.8) is 0 Å². The number of β-amino-alcohol motifs (C(OH)–C–C–N with tert-alkyl or cyclic N) is 1. The topological polar surface area (TPSA) is 142 Å². The van der Waals surface area contributed by atoms with Crippen LogP contribution in [0.5, 0.6) is 5.75 Å². The summed E-state index contributed by atoms with van der Waals surface area (Å²) in [6.45, 7) is 9.19. The smallest absolute Gasteiger partial charge is 0.229 e. The Bertz CT molecular complexity index is 1410. The van der Waals surface area contributed by atoms with Crippen LogP contribution in [0.2, 0.25) is 0 Å². The van der Waals surface area contributed by atoms with Gasteiger partial charge in [0.1, 0.15) is 11.6 Å². The lowest BCUT2D eigenvalue weighted by Gasteiger charge is -2.24. The molecule has 0 radical (unpaired) electrons. The molecule has 1 aromatic carbocycles. The van der Waals surface area contributed by atoms with Gasteiger partial charge in [0.25, 0.3) is 0 Å². The zero-order chi connectivity index (χ0) is 30.4. The van der Waals surface area contributed by atoms with Gasteiger partial charge in [-0.25, -0.2) is 14.7 Å². The van der Waals surface area contributed by atoms with Crippen molar-refractivity contribution >= 4 is 28.8 Å². The van der Waals surface area contributed by atoms with Crippen molar-refractivity contribution in [3.05, 3.63) is 54.5 Å². The van der Waals surface area contributed by atoms with Gasteiger partial charge in [-0.15, -0.1) is 0 Å². The fourth-order valence-corrected chi connectivity index (χ4v) is 4.73. The van der Waals surface area contributed by atoms with Gasteiger partial charge >= 0.3 is 0 Å². The standard InChI is InChI=1S/C29H42N10O3/c1-8-27(30)33-21-11-22(25(41-6)12-23(21)37(5)10-9-36(3)4)34-29-31-13-19(2)28(35-29)39-16-20(14-32-39)15-38-17-24(40)26(18-38)42-7/h8,11-14,16,24,26,40H,1,9-10,15,17-18H2,2-7H3,(H2,30,33)(H,31,34,35)/t24-,26+/m0/s1. The van der Waals surface area contributed by atoms with E-state index in [9.17, 15) is 5.11 Å². The van der Waals surface area contributed by atoms with Crippen LogP contribution in [0.1, 0.15) is 11.1 Å². The number of aryl methyl sites for hydroxylation is 1. The zero-order valence-corrected chi connectivity index (χ0v) is 25.3. The number of aromatic nitrogens is 4. The molecule has 4 N–H and O–H groups in total. The first-order chi connectivity index (χ1) is 20.1. The molecule has 4 rings (SSSR count). The van der Waals surface area contributed by atoms with Crippen molar-refractivity contribution in [3.8, 4) is 11.6 Å². The maximum atomic E-state index is 10.2. The Morgan fingerprint density at radius 1 is 1.24 bits per heavy atom. The van der Waals surface area contributed by atoms with Crippen molar-refractivity contribution in [2.24, 2.45) is 10.7 Å².